The molecule has 0 atom stereocenters. The van der Waals surface area contributed by atoms with Crippen LogP contribution in [0.1, 0.15) is 39.5 Å². The molecule has 0 spiro atoms. The maximum atomic E-state index is 12.0. The average molecular weight is 467 g/mol. The third kappa shape index (κ3) is 8.14. The van der Waals surface area contributed by atoms with Crippen molar-refractivity contribution in [1.82, 2.24) is 9.66 Å². The van der Waals surface area contributed by atoms with Gasteiger partial charge < -0.3 is 10.2 Å². The number of carboxylic acid groups (broad SMARTS) is 2. The van der Waals surface area contributed by atoms with E-state index in [1.165, 1.54) is 0 Å². The first-order valence-electron chi connectivity index (χ1n) is 9.08. The minimum Gasteiger partial charge on any atom is -0.464 e. The van der Waals surface area contributed by atoms with Gasteiger partial charge in [0.05, 0.1) is 22.9 Å². The van der Waals surface area contributed by atoms with Gasteiger partial charge in [-0.25, -0.2) is 26.4 Å². The third-order valence-corrected chi connectivity index (χ3v) is 6.32. The Kier molecular flexibility index (Phi) is 9.48. The van der Waals surface area contributed by atoms with Crippen LogP contribution in [0.15, 0.2) is 24.3 Å². The zero-order valence-electron chi connectivity index (χ0n) is 16.6. The van der Waals surface area contributed by atoms with E-state index in [0.29, 0.717) is 35.7 Å². The summed E-state index contributed by atoms with van der Waals surface area (Å²) in [5.74, 6) is -0.532. The van der Waals surface area contributed by atoms with E-state index in [4.69, 9.17) is 0 Å². The maximum absolute atomic E-state index is 12.0. The van der Waals surface area contributed by atoms with Crippen molar-refractivity contribution in [2.75, 3.05) is 21.5 Å². The van der Waals surface area contributed by atoms with Gasteiger partial charge >= 0.3 is 12.2 Å². The van der Waals surface area contributed by atoms with Crippen LogP contribution in [0.25, 0.3) is 0 Å². The van der Waals surface area contributed by atoms with Crippen LogP contribution in [-0.4, -0.2) is 50.7 Å². The number of amides is 2. The molecule has 1 aromatic carbocycles. The standard InChI is InChI=1S/C16H26N4O8S2/c1-3-5-11-29(25,26)17-19(15(21)22)13-7-9-14(10-8-13)20(16(23)24)18-30(27,28)12-6-4-2/h7-10,17-18H,3-6,11-12H2,1-2H3,(H,21,22)(H,23,24). The predicted molar refractivity (Wildman–Crippen MR) is 111 cm³/mol. The molecule has 12 nitrogen and oxygen atoms in total. The van der Waals surface area contributed by atoms with Crippen molar-refractivity contribution in [1.29, 1.82) is 0 Å². The molecule has 0 aliphatic heterocycles. The summed E-state index contributed by atoms with van der Waals surface area (Å²) in [4.78, 5) is 26.8. The number of nitrogens with zero attached hydrogens (tertiary/aromatic N) is 2. The van der Waals surface area contributed by atoms with Gasteiger partial charge in [-0.15, -0.1) is 9.66 Å². The Balaban J connectivity index is 3.09. The first-order chi connectivity index (χ1) is 13.9. The molecule has 1 aromatic rings. The van der Waals surface area contributed by atoms with E-state index in [1.54, 1.807) is 13.8 Å². The Hall–Kier alpha value is -2.42. The van der Waals surface area contributed by atoms with Gasteiger partial charge in [0.25, 0.3) is 0 Å². The SMILES string of the molecule is CCCCS(=O)(=O)NN(C(=O)O)c1ccc(N(NS(=O)(=O)CCCC)C(=O)O)cc1. The number of rotatable bonds is 12. The van der Waals surface area contributed by atoms with Crippen LogP contribution >= 0.6 is 0 Å². The summed E-state index contributed by atoms with van der Waals surface area (Å²) in [5, 5.41) is 19.4. The molecule has 0 aromatic heterocycles. The molecule has 0 radical (unpaired) electrons. The zero-order chi connectivity index (χ0) is 22.9. The summed E-state index contributed by atoms with van der Waals surface area (Å²) in [5.41, 5.74) is -0.212. The highest BCUT2D eigenvalue weighted by Gasteiger charge is 2.24. The number of benzene rings is 1. The van der Waals surface area contributed by atoms with E-state index in [2.05, 4.69) is 0 Å². The highest BCUT2D eigenvalue weighted by Crippen LogP contribution is 2.20. The number of hydrazine groups is 2. The van der Waals surface area contributed by atoms with Crippen molar-refractivity contribution in [2.24, 2.45) is 0 Å². The number of nitrogens with one attached hydrogen (secondary N) is 2. The van der Waals surface area contributed by atoms with Crippen molar-refractivity contribution in [3.05, 3.63) is 24.3 Å². The molecule has 30 heavy (non-hydrogen) atoms. The molecule has 0 fully saturated rings. The monoisotopic (exact) mass is 466 g/mol. The van der Waals surface area contributed by atoms with Crippen LogP contribution in [0.2, 0.25) is 0 Å². The van der Waals surface area contributed by atoms with Gasteiger partial charge in [0.15, 0.2) is 0 Å². The van der Waals surface area contributed by atoms with Crippen molar-refractivity contribution >= 4 is 43.6 Å². The molecule has 0 heterocycles. The van der Waals surface area contributed by atoms with Gasteiger partial charge in [-0.05, 0) is 37.1 Å². The predicted octanol–water partition coefficient (Wildman–Crippen LogP) is 1.92. The molecular formula is C16H26N4O8S2. The molecule has 0 aliphatic carbocycles. The van der Waals surface area contributed by atoms with E-state index in [-0.39, 0.29) is 22.9 Å². The highest BCUT2D eigenvalue weighted by atomic mass is 32.2. The van der Waals surface area contributed by atoms with Gasteiger partial charge in [-0.3, -0.25) is 0 Å². The number of hydrogen-bond acceptors (Lipinski definition) is 6. The van der Waals surface area contributed by atoms with Crippen molar-refractivity contribution in [3.63, 3.8) is 0 Å². The minimum atomic E-state index is -3.91. The molecule has 170 valence electrons. The summed E-state index contributed by atoms with van der Waals surface area (Å²) in [6, 6.07) is 4.56. The van der Waals surface area contributed by atoms with E-state index in [1.807, 2.05) is 9.66 Å². The van der Waals surface area contributed by atoms with E-state index in [0.717, 1.165) is 24.3 Å². The average Bonchev–Trinajstić information content (AvgIpc) is 2.67. The van der Waals surface area contributed by atoms with E-state index >= 15 is 0 Å². The van der Waals surface area contributed by atoms with Crippen LogP contribution < -0.4 is 19.7 Å². The molecule has 0 saturated carbocycles. The van der Waals surface area contributed by atoms with E-state index < -0.39 is 32.2 Å². The second kappa shape index (κ2) is 11.1. The number of unbranched alkanes of at least 4 members (excludes halogenated alkanes) is 2. The normalized spacial score (nSPS) is 11.8. The topological polar surface area (TPSA) is 173 Å². The fraction of sp³-hybridized carbons (Fsp3) is 0.500. The smallest absolute Gasteiger partial charge is 0.427 e. The second-order valence-electron chi connectivity index (χ2n) is 6.28. The lowest BCUT2D eigenvalue weighted by molar-refractivity contribution is 0.199. The van der Waals surface area contributed by atoms with Gasteiger partial charge in [0, 0.05) is 0 Å². The first-order valence-corrected chi connectivity index (χ1v) is 12.4. The third-order valence-electron chi connectivity index (χ3n) is 3.74. The fourth-order valence-electron chi connectivity index (χ4n) is 2.19. The Morgan fingerprint density at radius 1 is 0.767 bits per heavy atom. The summed E-state index contributed by atoms with van der Waals surface area (Å²) in [6.07, 6.45) is -1.32. The highest BCUT2D eigenvalue weighted by molar-refractivity contribution is 7.89. The molecule has 0 bridgehead atoms. The lowest BCUT2D eigenvalue weighted by Crippen LogP contribution is -2.47. The summed E-state index contributed by atoms with van der Waals surface area (Å²) in [7, 11) is -7.82. The molecule has 2 amide bonds. The molecule has 0 aliphatic rings. The van der Waals surface area contributed by atoms with Gasteiger partial charge in [0.2, 0.25) is 20.0 Å². The summed E-state index contributed by atoms with van der Waals surface area (Å²) >= 11 is 0. The second-order valence-corrected chi connectivity index (χ2v) is 9.92. The molecule has 0 unspecified atom stereocenters. The van der Waals surface area contributed by atoms with Crippen molar-refractivity contribution < 1.29 is 36.6 Å². The van der Waals surface area contributed by atoms with Gasteiger partial charge in [-0.1, -0.05) is 26.7 Å². The summed E-state index contributed by atoms with van der Waals surface area (Å²) < 4.78 is 48.0. The minimum absolute atomic E-state index is 0.106. The van der Waals surface area contributed by atoms with Crippen LogP contribution in [-0.2, 0) is 20.0 Å². The number of sulfonamides is 2. The molecule has 0 saturated heterocycles. The Morgan fingerprint density at radius 2 is 1.07 bits per heavy atom. The Morgan fingerprint density at radius 3 is 1.30 bits per heavy atom. The zero-order valence-corrected chi connectivity index (χ0v) is 18.2. The number of anilines is 2. The largest absolute Gasteiger partial charge is 0.464 e. The van der Waals surface area contributed by atoms with Crippen molar-refractivity contribution in [2.45, 2.75) is 39.5 Å². The number of hydrogen-bond donors (Lipinski definition) is 4. The quantitative estimate of drug-likeness (QED) is 0.338. The lowest BCUT2D eigenvalue weighted by Gasteiger charge is -2.22. The maximum Gasteiger partial charge on any atom is 0.427 e. The van der Waals surface area contributed by atoms with Crippen LogP contribution in [0.3, 0.4) is 0 Å². The Labute approximate surface area is 175 Å². The Bertz CT molecular complexity index is 855. The molecule has 1 rings (SSSR count). The summed E-state index contributed by atoms with van der Waals surface area (Å²) in [6.45, 7) is 3.57. The van der Waals surface area contributed by atoms with Crippen LogP contribution in [0.4, 0.5) is 21.0 Å². The molecule has 14 heteroatoms. The van der Waals surface area contributed by atoms with Crippen LogP contribution in [0, 0.1) is 0 Å². The van der Waals surface area contributed by atoms with Gasteiger partial charge in [0.1, 0.15) is 0 Å². The molecular weight excluding hydrogens is 440 g/mol. The first kappa shape index (κ1) is 25.6. The van der Waals surface area contributed by atoms with E-state index in [9.17, 15) is 36.6 Å². The number of carbonyl (C=O) groups is 2. The van der Waals surface area contributed by atoms with Crippen molar-refractivity contribution in [3.8, 4) is 0 Å². The van der Waals surface area contributed by atoms with Gasteiger partial charge in [-0.2, -0.15) is 10.0 Å². The fourth-order valence-corrected chi connectivity index (χ4v) is 4.64. The molecule has 4 N–H and O–H groups in total. The van der Waals surface area contributed by atoms with Crippen LogP contribution in [0.5, 0.6) is 0 Å². The lowest BCUT2D eigenvalue weighted by atomic mass is 10.2.